The third-order valence-electron chi connectivity index (χ3n) is 7.49. The summed E-state index contributed by atoms with van der Waals surface area (Å²) in [7, 11) is 0. The predicted molar refractivity (Wildman–Crippen MR) is 162 cm³/mol. The SMILES string of the molecule is CCc1ccc(OS(=O)NC2CCc3ccc(N(Cc4ccccc4)C(=O)CCc4ccc(C)cc4)cc32)cc1. The summed E-state index contributed by atoms with van der Waals surface area (Å²) >= 11 is -1.69. The highest BCUT2D eigenvalue weighted by Crippen LogP contribution is 2.35. The molecular formula is C34H36N2O3S. The number of anilines is 1. The lowest BCUT2D eigenvalue weighted by Crippen LogP contribution is -2.31. The summed E-state index contributed by atoms with van der Waals surface area (Å²) in [5, 5.41) is 0. The van der Waals surface area contributed by atoms with Crippen molar-refractivity contribution >= 4 is 22.9 Å². The van der Waals surface area contributed by atoms with Gasteiger partial charge < -0.3 is 9.08 Å². The van der Waals surface area contributed by atoms with Crippen LogP contribution in [0.4, 0.5) is 5.69 Å². The van der Waals surface area contributed by atoms with E-state index in [1.807, 2.05) is 65.6 Å². The first-order valence-electron chi connectivity index (χ1n) is 14.0. The lowest BCUT2D eigenvalue weighted by molar-refractivity contribution is -0.118. The number of amides is 1. The van der Waals surface area contributed by atoms with Gasteiger partial charge in [-0.05, 0) is 84.7 Å². The van der Waals surface area contributed by atoms with E-state index in [1.165, 1.54) is 16.7 Å². The summed E-state index contributed by atoms with van der Waals surface area (Å²) in [6.07, 6.45) is 3.76. The molecule has 206 valence electrons. The quantitative estimate of drug-likeness (QED) is 0.219. The molecule has 0 aromatic heterocycles. The summed E-state index contributed by atoms with van der Waals surface area (Å²) in [5.41, 5.74) is 7.78. The largest absolute Gasteiger partial charge is 0.389 e. The lowest BCUT2D eigenvalue weighted by atomic mass is 10.0. The molecule has 0 bridgehead atoms. The van der Waals surface area contributed by atoms with Gasteiger partial charge in [-0.3, -0.25) is 4.79 Å². The normalized spacial score (nSPS) is 14.9. The van der Waals surface area contributed by atoms with E-state index in [0.29, 0.717) is 25.1 Å². The van der Waals surface area contributed by atoms with Crippen molar-refractivity contribution in [2.45, 2.75) is 58.5 Å². The zero-order valence-corrected chi connectivity index (χ0v) is 24.0. The fourth-order valence-electron chi connectivity index (χ4n) is 5.12. The van der Waals surface area contributed by atoms with Gasteiger partial charge in [0.2, 0.25) is 5.91 Å². The van der Waals surface area contributed by atoms with Gasteiger partial charge in [-0.1, -0.05) is 85.3 Å². The molecule has 0 fully saturated rings. The molecule has 1 aliphatic carbocycles. The van der Waals surface area contributed by atoms with Crippen LogP contribution in [-0.4, -0.2) is 10.1 Å². The van der Waals surface area contributed by atoms with Crippen LogP contribution in [-0.2, 0) is 41.9 Å². The summed E-state index contributed by atoms with van der Waals surface area (Å²) in [5.74, 6) is 0.650. The zero-order valence-electron chi connectivity index (χ0n) is 23.1. The van der Waals surface area contributed by atoms with E-state index in [4.69, 9.17) is 4.18 Å². The van der Waals surface area contributed by atoms with E-state index in [1.54, 1.807) is 0 Å². The first-order chi connectivity index (χ1) is 19.5. The van der Waals surface area contributed by atoms with Gasteiger partial charge in [0.05, 0.1) is 6.54 Å². The molecule has 4 aromatic carbocycles. The van der Waals surface area contributed by atoms with Crippen LogP contribution in [0.15, 0.2) is 97.1 Å². The maximum atomic E-state index is 13.6. The van der Waals surface area contributed by atoms with Crippen molar-refractivity contribution in [2.24, 2.45) is 0 Å². The number of nitrogens with one attached hydrogen (secondary N) is 1. The standard InChI is InChI=1S/C34H36N2O3S/c1-3-26-13-19-31(20-14-26)39-40(38)35-33-21-17-29-16-18-30(23-32(29)33)36(24-28-7-5-4-6-8-28)34(37)22-15-27-11-9-25(2)10-12-27/h4-14,16,18-20,23,33,35H,3,15,17,21-22,24H2,1-2H3. The van der Waals surface area contributed by atoms with Crippen molar-refractivity contribution in [1.82, 2.24) is 4.72 Å². The molecule has 0 saturated heterocycles. The maximum Gasteiger partial charge on any atom is 0.288 e. The summed E-state index contributed by atoms with van der Waals surface area (Å²) in [6.45, 7) is 4.66. The Kier molecular flexibility index (Phi) is 9.09. The summed E-state index contributed by atoms with van der Waals surface area (Å²) in [4.78, 5) is 15.5. The molecule has 40 heavy (non-hydrogen) atoms. The van der Waals surface area contributed by atoms with Crippen molar-refractivity contribution in [2.75, 3.05) is 4.90 Å². The second kappa shape index (κ2) is 13.1. The van der Waals surface area contributed by atoms with Crippen molar-refractivity contribution < 1.29 is 13.2 Å². The predicted octanol–water partition coefficient (Wildman–Crippen LogP) is 6.96. The first kappa shape index (κ1) is 27.8. The van der Waals surface area contributed by atoms with Crippen molar-refractivity contribution in [3.8, 4) is 5.75 Å². The van der Waals surface area contributed by atoms with Crippen LogP contribution in [0.2, 0.25) is 0 Å². The van der Waals surface area contributed by atoms with Gasteiger partial charge in [0.25, 0.3) is 11.3 Å². The third kappa shape index (κ3) is 7.06. The molecule has 1 aliphatic rings. The molecule has 0 heterocycles. The number of carbonyl (C=O) groups is 1. The van der Waals surface area contributed by atoms with Gasteiger partial charge >= 0.3 is 0 Å². The number of benzene rings is 4. The van der Waals surface area contributed by atoms with Gasteiger partial charge in [0.1, 0.15) is 5.75 Å². The maximum absolute atomic E-state index is 13.6. The summed E-state index contributed by atoms with van der Waals surface area (Å²) < 4.78 is 21.7. The van der Waals surface area contributed by atoms with Crippen LogP contribution in [0.1, 0.15) is 59.2 Å². The minimum absolute atomic E-state index is 0.0781. The average Bonchev–Trinajstić information content (AvgIpc) is 3.38. The zero-order chi connectivity index (χ0) is 27.9. The topological polar surface area (TPSA) is 58.6 Å². The summed E-state index contributed by atoms with van der Waals surface area (Å²) in [6, 6.07) is 32.2. The Bertz CT molecular complexity index is 1450. The number of hydrogen-bond acceptors (Lipinski definition) is 3. The van der Waals surface area contributed by atoms with Crippen LogP contribution in [0.25, 0.3) is 0 Å². The fourth-order valence-corrected chi connectivity index (χ4v) is 5.93. The van der Waals surface area contributed by atoms with Gasteiger partial charge in [0, 0.05) is 18.2 Å². The van der Waals surface area contributed by atoms with Crippen molar-refractivity contribution in [3.63, 3.8) is 0 Å². The molecule has 2 atom stereocenters. The van der Waals surface area contributed by atoms with E-state index in [2.05, 4.69) is 55.0 Å². The Hall–Kier alpha value is -3.74. The van der Waals surface area contributed by atoms with Crippen molar-refractivity contribution in [3.05, 3.63) is 130 Å². The third-order valence-corrected chi connectivity index (χ3v) is 8.31. The Morgan fingerprint density at radius 3 is 2.38 bits per heavy atom. The van der Waals surface area contributed by atoms with Crippen LogP contribution in [0.5, 0.6) is 5.75 Å². The van der Waals surface area contributed by atoms with E-state index >= 15 is 0 Å². The number of rotatable bonds is 11. The fraction of sp³-hybridized carbons (Fsp3) is 0.265. The molecule has 1 N–H and O–H groups in total. The molecule has 0 aliphatic heterocycles. The highest BCUT2D eigenvalue weighted by Gasteiger charge is 2.27. The van der Waals surface area contributed by atoms with Crippen LogP contribution in [0.3, 0.4) is 0 Å². The Morgan fingerprint density at radius 1 is 0.925 bits per heavy atom. The van der Waals surface area contributed by atoms with E-state index < -0.39 is 11.3 Å². The minimum atomic E-state index is -1.69. The van der Waals surface area contributed by atoms with Crippen LogP contribution < -0.4 is 13.8 Å². The Morgan fingerprint density at radius 2 is 1.65 bits per heavy atom. The number of fused-ring (bicyclic) bond motifs is 1. The van der Waals surface area contributed by atoms with Crippen LogP contribution >= 0.6 is 0 Å². The molecule has 5 rings (SSSR count). The minimum Gasteiger partial charge on any atom is -0.389 e. The average molecular weight is 553 g/mol. The van der Waals surface area contributed by atoms with Gasteiger partial charge in [0.15, 0.2) is 0 Å². The molecule has 0 radical (unpaired) electrons. The highest BCUT2D eigenvalue weighted by atomic mass is 32.2. The molecule has 6 heteroatoms. The number of aryl methyl sites for hydroxylation is 4. The van der Waals surface area contributed by atoms with E-state index in [0.717, 1.165) is 41.6 Å². The Labute approximate surface area is 240 Å². The van der Waals surface area contributed by atoms with Crippen molar-refractivity contribution in [1.29, 1.82) is 0 Å². The molecular weight excluding hydrogens is 516 g/mol. The van der Waals surface area contributed by atoms with Crippen LogP contribution in [0, 0.1) is 6.92 Å². The molecule has 5 nitrogen and oxygen atoms in total. The number of nitrogens with zero attached hydrogens (tertiary/aromatic N) is 1. The monoisotopic (exact) mass is 552 g/mol. The number of hydrogen-bond donors (Lipinski definition) is 1. The van der Waals surface area contributed by atoms with Gasteiger partial charge in [-0.15, -0.1) is 0 Å². The molecule has 2 unspecified atom stereocenters. The molecule has 0 spiro atoms. The van der Waals surface area contributed by atoms with Gasteiger partial charge in [-0.25, -0.2) is 0 Å². The highest BCUT2D eigenvalue weighted by molar-refractivity contribution is 7.78. The Balaban J connectivity index is 1.32. The lowest BCUT2D eigenvalue weighted by Gasteiger charge is -2.25. The van der Waals surface area contributed by atoms with E-state index in [9.17, 15) is 9.00 Å². The molecule has 1 amide bonds. The second-order valence-corrected chi connectivity index (χ2v) is 11.2. The second-order valence-electron chi connectivity index (χ2n) is 10.4. The van der Waals surface area contributed by atoms with Gasteiger partial charge in [-0.2, -0.15) is 8.93 Å². The molecule has 0 saturated carbocycles. The van der Waals surface area contributed by atoms with E-state index in [-0.39, 0.29) is 11.9 Å². The number of carbonyl (C=O) groups excluding carboxylic acids is 1. The molecule has 4 aromatic rings. The smallest absolute Gasteiger partial charge is 0.288 e. The first-order valence-corrected chi connectivity index (χ1v) is 15.0.